The molecule has 74 valence electrons. The SMILES string of the molecule is CC1CC(C(=O)N2CC(N)C2)CO1. The Morgan fingerprint density at radius 3 is 2.69 bits per heavy atom. The van der Waals surface area contributed by atoms with Gasteiger partial charge < -0.3 is 15.4 Å². The normalized spacial score (nSPS) is 34.8. The molecule has 0 aliphatic carbocycles. The molecule has 4 nitrogen and oxygen atoms in total. The predicted octanol–water partition coefficient (Wildman–Crippen LogP) is -0.419. The van der Waals surface area contributed by atoms with Crippen LogP contribution in [0.15, 0.2) is 0 Å². The van der Waals surface area contributed by atoms with E-state index >= 15 is 0 Å². The van der Waals surface area contributed by atoms with E-state index in [2.05, 4.69) is 0 Å². The summed E-state index contributed by atoms with van der Waals surface area (Å²) in [4.78, 5) is 13.5. The number of nitrogens with zero attached hydrogens (tertiary/aromatic N) is 1. The van der Waals surface area contributed by atoms with Crippen LogP contribution in [-0.4, -0.2) is 42.6 Å². The van der Waals surface area contributed by atoms with Crippen molar-refractivity contribution in [1.29, 1.82) is 0 Å². The van der Waals surface area contributed by atoms with Gasteiger partial charge >= 0.3 is 0 Å². The van der Waals surface area contributed by atoms with Crippen LogP contribution < -0.4 is 5.73 Å². The van der Waals surface area contributed by atoms with E-state index in [0.717, 1.165) is 19.5 Å². The fourth-order valence-electron chi connectivity index (χ4n) is 1.94. The van der Waals surface area contributed by atoms with Crippen LogP contribution in [0.5, 0.6) is 0 Å². The number of carbonyl (C=O) groups excluding carboxylic acids is 1. The molecule has 2 unspecified atom stereocenters. The van der Waals surface area contributed by atoms with E-state index in [1.807, 2.05) is 11.8 Å². The van der Waals surface area contributed by atoms with Crippen LogP contribution in [-0.2, 0) is 9.53 Å². The van der Waals surface area contributed by atoms with Gasteiger partial charge in [-0.2, -0.15) is 0 Å². The summed E-state index contributed by atoms with van der Waals surface area (Å²) in [7, 11) is 0. The third-order valence-electron chi connectivity index (χ3n) is 2.77. The molecule has 2 N–H and O–H groups in total. The first kappa shape index (κ1) is 8.97. The van der Waals surface area contributed by atoms with Gasteiger partial charge in [-0.25, -0.2) is 0 Å². The molecule has 2 aliphatic heterocycles. The van der Waals surface area contributed by atoms with Gasteiger partial charge in [0.25, 0.3) is 0 Å². The van der Waals surface area contributed by atoms with Crippen LogP contribution in [0, 0.1) is 5.92 Å². The zero-order valence-electron chi connectivity index (χ0n) is 7.90. The van der Waals surface area contributed by atoms with Crippen LogP contribution in [0.3, 0.4) is 0 Å². The van der Waals surface area contributed by atoms with Crippen molar-refractivity contribution in [2.75, 3.05) is 19.7 Å². The number of likely N-dealkylation sites (tertiary alicyclic amines) is 1. The minimum Gasteiger partial charge on any atom is -0.378 e. The van der Waals surface area contributed by atoms with Crippen molar-refractivity contribution < 1.29 is 9.53 Å². The van der Waals surface area contributed by atoms with Gasteiger partial charge in [0.15, 0.2) is 0 Å². The molecule has 2 heterocycles. The Balaban J connectivity index is 1.84. The van der Waals surface area contributed by atoms with E-state index in [1.54, 1.807) is 0 Å². The van der Waals surface area contributed by atoms with Crippen LogP contribution in [0.1, 0.15) is 13.3 Å². The maximum atomic E-state index is 11.7. The molecule has 2 rings (SSSR count). The molecule has 13 heavy (non-hydrogen) atoms. The summed E-state index contributed by atoms with van der Waals surface area (Å²) >= 11 is 0. The minimum absolute atomic E-state index is 0.0856. The summed E-state index contributed by atoms with van der Waals surface area (Å²) in [6.07, 6.45) is 1.11. The third kappa shape index (κ3) is 1.69. The lowest BCUT2D eigenvalue weighted by molar-refractivity contribution is -0.139. The number of hydrogen-bond donors (Lipinski definition) is 1. The Labute approximate surface area is 78.0 Å². The van der Waals surface area contributed by atoms with Crippen LogP contribution >= 0.6 is 0 Å². The highest BCUT2D eigenvalue weighted by molar-refractivity contribution is 5.80. The molecule has 0 radical (unpaired) electrons. The minimum atomic E-state index is 0.0856. The highest BCUT2D eigenvalue weighted by Gasteiger charge is 2.36. The number of carbonyl (C=O) groups is 1. The molecule has 0 aromatic heterocycles. The molecule has 2 fully saturated rings. The lowest BCUT2D eigenvalue weighted by atomic mass is 10.0. The van der Waals surface area contributed by atoms with E-state index < -0.39 is 0 Å². The summed E-state index contributed by atoms with van der Waals surface area (Å²) in [5.74, 6) is 0.313. The Morgan fingerprint density at radius 2 is 2.23 bits per heavy atom. The Hall–Kier alpha value is -0.610. The molecular weight excluding hydrogens is 168 g/mol. The van der Waals surface area contributed by atoms with Crippen molar-refractivity contribution in [2.24, 2.45) is 11.7 Å². The molecule has 0 saturated carbocycles. The lowest BCUT2D eigenvalue weighted by Crippen LogP contribution is -2.59. The van der Waals surface area contributed by atoms with Crippen molar-refractivity contribution in [3.8, 4) is 0 Å². The largest absolute Gasteiger partial charge is 0.378 e. The van der Waals surface area contributed by atoms with Gasteiger partial charge in [-0.1, -0.05) is 0 Å². The first-order valence-corrected chi connectivity index (χ1v) is 4.83. The molecule has 4 heteroatoms. The maximum Gasteiger partial charge on any atom is 0.228 e. The van der Waals surface area contributed by atoms with Gasteiger partial charge in [0.1, 0.15) is 0 Å². The first-order chi connectivity index (χ1) is 6.16. The predicted molar refractivity (Wildman–Crippen MR) is 48.1 cm³/mol. The Bertz CT molecular complexity index is 214. The van der Waals surface area contributed by atoms with Gasteiger partial charge in [0.05, 0.1) is 18.6 Å². The van der Waals surface area contributed by atoms with E-state index in [-0.39, 0.29) is 24.0 Å². The molecule has 0 aromatic carbocycles. The van der Waals surface area contributed by atoms with Crippen molar-refractivity contribution in [3.63, 3.8) is 0 Å². The highest BCUT2D eigenvalue weighted by Crippen LogP contribution is 2.22. The molecular formula is C9H16N2O2. The monoisotopic (exact) mass is 184 g/mol. The average Bonchev–Trinajstić information content (AvgIpc) is 2.45. The topological polar surface area (TPSA) is 55.6 Å². The summed E-state index contributed by atoms with van der Waals surface area (Å²) in [5.41, 5.74) is 5.61. The fraction of sp³-hybridized carbons (Fsp3) is 0.889. The van der Waals surface area contributed by atoms with Gasteiger partial charge in [-0.15, -0.1) is 0 Å². The number of hydrogen-bond acceptors (Lipinski definition) is 3. The number of rotatable bonds is 1. The van der Waals surface area contributed by atoms with Crippen molar-refractivity contribution in [3.05, 3.63) is 0 Å². The average molecular weight is 184 g/mol. The first-order valence-electron chi connectivity index (χ1n) is 4.83. The lowest BCUT2D eigenvalue weighted by Gasteiger charge is -2.38. The summed E-state index contributed by atoms with van der Waals surface area (Å²) in [6.45, 7) is 4.05. The molecule has 0 spiro atoms. The number of nitrogens with two attached hydrogens (primary N) is 1. The van der Waals surface area contributed by atoms with Crippen LogP contribution in [0.2, 0.25) is 0 Å². The number of ether oxygens (including phenoxy) is 1. The molecule has 1 amide bonds. The van der Waals surface area contributed by atoms with Crippen molar-refractivity contribution in [1.82, 2.24) is 4.90 Å². The van der Waals surface area contributed by atoms with Crippen molar-refractivity contribution in [2.45, 2.75) is 25.5 Å². The van der Waals surface area contributed by atoms with Gasteiger partial charge in [-0.3, -0.25) is 4.79 Å². The summed E-state index contributed by atoms with van der Waals surface area (Å²) in [6, 6.07) is 0.198. The number of amides is 1. The quantitative estimate of drug-likeness (QED) is 0.602. The molecule has 2 aliphatic rings. The Morgan fingerprint density at radius 1 is 1.54 bits per heavy atom. The maximum absolute atomic E-state index is 11.7. The van der Waals surface area contributed by atoms with Gasteiger partial charge in [0, 0.05) is 19.1 Å². The van der Waals surface area contributed by atoms with E-state index in [0.29, 0.717) is 6.61 Å². The third-order valence-corrected chi connectivity index (χ3v) is 2.77. The van der Waals surface area contributed by atoms with E-state index in [1.165, 1.54) is 0 Å². The second-order valence-corrected chi connectivity index (χ2v) is 4.08. The second kappa shape index (κ2) is 3.27. The molecule has 2 atom stereocenters. The molecule has 0 bridgehead atoms. The van der Waals surface area contributed by atoms with E-state index in [4.69, 9.17) is 10.5 Å². The Kier molecular flexibility index (Phi) is 2.26. The van der Waals surface area contributed by atoms with E-state index in [9.17, 15) is 4.79 Å². The van der Waals surface area contributed by atoms with Crippen LogP contribution in [0.4, 0.5) is 0 Å². The van der Waals surface area contributed by atoms with Crippen molar-refractivity contribution >= 4 is 5.91 Å². The molecule has 2 saturated heterocycles. The zero-order valence-corrected chi connectivity index (χ0v) is 7.90. The summed E-state index contributed by atoms with van der Waals surface area (Å²) < 4.78 is 5.35. The fourth-order valence-corrected chi connectivity index (χ4v) is 1.94. The van der Waals surface area contributed by atoms with Gasteiger partial charge in [-0.05, 0) is 13.3 Å². The second-order valence-electron chi connectivity index (χ2n) is 4.08. The smallest absolute Gasteiger partial charge is 0.228 e. The standard InChI is InChI=1S/C9H16N2O2/c1-6-2-7(5-13-6)9(12)11-3-8(10)4-11/h6-8H,2-5,10H2,1H3. The zero-order chi connectivity index (χ0) is 9.42. The summed E-state index contributed by atoms with van der Waals surface area (Å²) in [5, 5.41) is 0. The van der Waals surface area contributed by atoms with Gasteiger partial charge in [0.2, 0.25) is 5.91 Å². The highest BCUT2D eigenvalue weighted by atomic mass is 16.5. The molecule has 0 aromatic rings. The van der Waals surface area contributed by atoms with Crippen LogP contribution in [0.25, 0.3) is 0 Å².